The van der Waals surface area contributed by atoms with E-state index >= 15 is 0 Å². The van der Waals surface area contributed by atoms with Crippen LogP contribution in [0.2, 0.25) is 5.02 Å². The lowest BCUT2D eigenvalue weighted by Gasteiger charge is -2.12. The molecular weight excluding hydrogens is 406 g/mol. The van der Waals surface area contributed by atoms with Gasteiger partial charge in [-0.05, 0) is 49.0 Å². The summed E-state index contributed by atoms with van der Waals surface area (Å²) in [7, 11) is 1.43. The fourth-order valence-corrected chi connectivity index (χ4v) is 2.55. The summed E-state index contributed by atoms with van der Waals surface area (Å²) in [6.07, 6.45) is 0.679. The largest absolute Gasteiger partial charge is 0.495 e. The minimum atomic E-state index is -0.535. The van der Waals surface area contributed by atoms with Crippen molar-refractivity contribution in [1.82, 2.24) is 5.32 Å². The molecule has 28 heavy (non-hydrogen) atoms. The summed E-state index contributed by atoms with van der Waals surface area (Å²) < 4.78 is 10.6. The lowest BCUT2D eigenvalue weighted by Crippen LogP contribution is -2.34. The Kier molecular flexibility index (Phi) is 7.97. The van der Waals surface area contributed by atoms with E-state index < -0.39 is 4.92 Å². The molecule has 0 unspecified atom stereocenters. The molecule has 2 aromatic rings. The average Bonchev–Trinajstić information content (AvgIpc) is 2.66. The van der Waals surface area contributed by atoms with Crippen LogP contribution in [0.15, 0.2) is 42.5 Å². The van der Waals surface area contributed by atoms with E-state index in [0.717, 1.165) is 0 Å². The molecule has 2 N–H and O–H groups in total. The van der Waals surface area contributed by atoms with Crippen LogP contribution >= 0.6 is 23.8 Å². The SMILES string of the molecule is COc1ccc([N+](=O)[O-])cc1NC(=S)NC(=O)CCCOc1ccc(Cl)cc1. The zero-order valence-corrected chi connectivity index (χ0v) is 16.5. The number of halogens is 1. The number of non-ortho nitro benzene ring substituents is 1. The van der Waals surface area contributed by atoms with Gasteiger partial charge >= 0.3 is 0 Å². The second kappa shape index (κ2) is 10.4. The predicted molar refractivity (Wildman–Crippen MR) is 110 cm³/mol. The molecule has 2 rings (SSSR count). The van der Waals surface area contributed by atoms with Gasteiger partial charge in [0, 0.05) is 23.6 Å². The van der Waals surface area contributed by atoms with Gasteiger partial charge in [0.25, 0.3) is 5.69 Å². The Bertz CT molecular complexity index is 861. The quantitative estimate of drug-likeness (QED) is 0.287. The smallest absolute Gasteiger partial charge is 0.271 e. The van der Waals surface area contributed by atoms with Crippen molar-refractivity contribution in [3.05, 3.63) is 57.6 Å². The van der Waals surface area contributed by atoms with Gasteiger partial charge in [-0.25, -0.2) is 0 Å². The number of thiocarbonyl (C=S) groups is 1. The molecule has 0 bridgehead atoms. The molecule has 2 aromatic carbocycles. The number of nitrogens with one attached hydrogen (secondary N) is 2. The molecule has 0 aliphatic heterocycles. The monoisotopic (exact) mass is 423 g/mol. The highest BCUT2D eigenvalue weighted by Crippen LogP contribution is 2.28. The fourth-order valence-electron chi connectivity index (χ4n) is 2.20. The van der Waals surface area contributed by atoms with Crippen LogP contribution in [0.4, 0.5) is 11.4 Å². The van der Waals surface area contributed by atoms with E-state index in [4.69, 9.17) is 33.3 Å². The fraction of sp³-hybridized carbons (Fsp3) is 0.222. The molecule has 0 fully saturated rings. The minimum Gasteiger partial charge on any atom is -0.495 e. The first-order valence-corrected chi connectivity index (χ1v) is 8.99. The molecule has 1 amide bonds. The van der Waals surface area contributed by atoms with E-state index in [0.29, 0.717) is 29.5 Å². The average molecular weight is 424 g/mol. The number of nitro groups is 1. The maximum Gasteiger partial charge on any atom is 0.271 e. The first kappa shape index (κ1) is 21.4. The van der Waals surface area contributed by atoms with Gasteiger partial charge in [0.15, 0.2) is 5.11 Å². The summed E-state index contributed by atoms with van der Waals surface area (Å²) in [6.45, 7) is 0.355. The lowest BCUT2D eigenvalue weighted by atomic mass is 10.2. The van der Waals surface area contributed by atoms with Crippen molar-refractivity contribution in [2.75, 3.05) is 19.0 Å². The highest BCUT2D eigenvalue weighted by atomic mass is 35.5. The van der Waals surface area contributed by atoms with E-state index in [9.17, 15) is 14.9 Å². The Labute approximate surface area is 171 Å². The lowest BCUT2D eigenvalue weighted by molar-refractivity contribution is -0.384. The summed E-state index contributed by atoms with van der Waals surface area (Å²) in [4.78, 5) is 22.3. The van der Waals surface area contributed by atoms with Gasteiger partial charge in [-0.1, -0.05) is 11.6 Å². The minimum absolute atomic E-state index is 0.0161. The number of amides is 1. The van der Waals surface area contributed by atoms with Crippen LogP contribution in [0.5, 0.6) is 11.5 Å². The standard InChI is InChI=1S/C18H18ClN3O5S/c1-26-16-9-6-13(22(24)25)11-15(16)20-18(28)21-17(23)3-2-10-27-14-7-4-12(19)5-8-14/h4-9,11H,2-3,10H2,1H3,(H2,20,21,23,28). The molecule has 0 saturated carbocycles. The zero-order valence-electron chi connectivity index (χ0n) is 14.9. The van der Waals surface area contributed by atoms with Crippen molar-refractivity contribution >= 4 is 46.2 Å². The molecule has 0 aromatic heterocycles. The number of ether oxygens (including phenoxy) is 2. The molecule has 0 aliphatic rings. The highest BCUT2D eigenvalue weighted by molar-refractivity contribution is 7.80. The van der Waals surface area contributed by atoms with Crippen LogP contribution in [0, 0.1) is 10.1 Å². The normalized spacial score (nSPS) is 10.1. The van der Waals surface area contributed by atoms with E-state index in [1.165, 1.54) is 25.3 Å². The number of hydrogen-bond donors (Lipinski definition) is 2. The van der Waals surface area contributed by atoms with Crippen molar-refractivity contribution in [2.45, 2.75) is 12.8 Å². The molecular formula is C18H18ClN3O5S. The van der Waals surface area contributed by atoms with E-state index in [1.807, 2.05) is 0 Å². The predicted octanol–water partition coefficient (Wildman–Crippen LogP) is 3.93. The summed E-state index contributed by atoms with van der Waals surface area (Å²) in [5, 5.41) is 16.8. The number of nitro benzene ring substituents is 1. The van der Waals surface area contributed by atoms with Crippen LogP contribution in [0.1, 0.15) is 12.8 Å². The molecule has 10 heteroatoms. The Hall–Kier alpha value is -2.91. The molecule has 148 valence electrons. The molecule has 0 saturated heterocycles. The van der Waals surface area contributed by atoms with Crippen LogP contribution in [0.3, 0.4) is 0 Å². The third kappa shape index (κ3) is 6.67. The van der Waals surface area contributed by atoms with Gasteiger partial charge in [0.2, 0.25) is 5.91 Å². The number of carbonyl (C=O) groups is 1. The van der Waals surface area contributed by atoms with Crippen LogP contribution in [-0.4, -0.2) is 29.7 Å². The summed E-state index contributed by atoms with van der Waals surface area (Å²) in [5.41, 5.74) is 0.157. The molecule has 0 heterocycles. The number of methoxy groups -OCH3 is 1. The van der Waals surface area contributed by atoms with Crippen molar-refractivity contribution in [3.8, 4) is 11.5 Å². The molecule has 0 aliphatic carbocycles. The molecule has 0 atom stereocenters. The third-order valence-electron chi connectivity index (χ3n) is 3.53. The van der Waals surface area contributed by atoms with Gasteiger partial charge in [0.05, 0.1) is 24.3 Å². The van der Waals surface area contributed by atoms with Gasteiger partial charge in [-0.2, -0.15) is 0 Å². The third-order valence-corrected chi connectivity index (χ3v) is 3.98. The van der Waals surface area contributed by atoms with Crippen molar-refractivity contribution in [3.63, 3.8) is 0 Å². The summed E-state index contributed by atoms with van der Waals surface area (Å²) >= 11 is 10.9. The second-order valence-corrected chi connectivity index (χ2v) is 6.39. The van der Waals surface area contributed by atoms with Gasteiger partial charge in [-0.3, -0.25) is 14.9 Å². The van der Waals surface area contributed by atoms with Gasteiger partial charge < -0.3 is 20.1 Å². The van der Waals surface area contributed by atoms with E-state index in [2.05, 4.69) is 10.6 Å². The van der Waals surface area contributed by atoms with Crippen LogP contribution in [0.25, 0.3) is 0 Å². The number of carbonyl (C=O) groups excluding carboxylic acids is 1. The van der Waals surface area contributed by atoms with Crippen LogP contribution < -0.4 is 20.1 Å². The number of hydrogen-bond acceptors (Lipinski definition) is 6. The van der Waals surface area contributed by atoms with E-state index in [-0.39, 0.29) is 28.8 Å². The van der Waals surface area contributed by atoms with Crippen molar-refractivity contribution in [2.24, 2.45) is 0 Å². The summed E-state index contributed by atoms with van der Waals surface area (Å²) in [6, 6.07) is 11.0. The number of benzene rings is 2. The summed E-state index contributed by atoms with van der Waals surface area (Å²) in [5.74, 6) is 0.722. The van der Waals surface area contributed by atoms with E-state index in [1.54, 1.807) is 24.3 Å². The zero-order chi connectivity index (χ0) is 20.5. The van der Waals surface area contributed by atoms with Gasteiger partial charge in [-0.15, -0.1) is 0 Å². The maximum atomic E-state index is 12.0. The Morgan fingerprint density at radius 3 is 2.61 bits per heavy atom. The first-order valence-electron chi connectivity index (χ1n) is 8.20. The molecule has 8 nitrogen and oxygen atoms in total. The Morgan fingerprint density at radius 1 is 1.25 bits per heavy atom. The van der Waals surface area contributed by atoms with Crippen molar-refractivity contribution in [1.29, 1.82) is 0 Å². The molecule has 0 spiro atoms. The maximum absolute atomic E-state index is 12.0. The van der Waals surface area contributed by atoms with Gasteiger partial charge in [0.1, 0.15) is 11.5 Å². The first-order chi connectivity index (χ1) is 13.4. The topological polar surface area (TPSA) is 103 Å². The number of anilines is 1. The second-order valence-electron chi connectivity index (χ2n) is 5.55. The number of nitrogens with zero attached hydrogens (tertiary/aromatic N) is 1. The van der Waals surface area contributed by atoms with Crippen LogP contribution in [-0.2, 0) is 4.79 Å². The molecule has 0 radical (unpaired) electrons. The Balaban J connectivity index is 1.79. The Morgan fingerprint density at radius 2 is 1.96 bits per heavy atom. The van der Waals surface area contributed by atoms with Crippen molar-refractivity contribution < 1.29 is 19.2 Å². The number of rotatable bonds is 8. The highest BCUT2D eigenvalue weighted by Gasteiger charge is 2.13.